The van der Waals surface area contributed by atoms with Crippen LogP contribution in [0.25, 0.3) is 0 Å². The van der Waals surface area contributed by atoms with Gasteiger partial charge in [-0.3, -0.25) is 0 Å². The molecule has 0 fully saturated rings. The maximum Gasteiger partial charge on any atom is 0.208 e. The number of amidine groups is 1. The maximum atomic E-state index is 13.6. The molecule has 0 radical (unpaired) electrons. The number of rotatable bonds is 7. The lowest BCUT2D eigenvalue weighted by Gasteiger charge is -2.31. The topological polar surface area (TPSA) is 130 Å². The minimum absolute atomic E-state index is 0.0460. The molecule has 9 nitrogen and oxygen atoms in total. The first kappa shape index (κ1) is 18.6. The number of thioether (sulfide) groups is 1. The van der Waals surface area contributed by atoms with Crippen molar-refractivity contribution in [2.45, 2.75) is 17.5 Å². The number of nitrogens with one attached hydrogen (secondary N) is 2. The summed E-state index contributed by atoms with van der Waals surface area (Å²) in [6.07, 6.45) is 1.52. The largest absolute Gasteiger partial charge is 0.409 e. The fraction of sp³-hybridized carbons (Fsp3) is 0.357. The Kier molecular flexibility index (Phi) is 5.44. The molecule has 0 spiro atoms. The summed E-state index contributed by atoms with van der Waals surface area (Å²) in [5.74, 6) is 0.162. The molecule has 0 bridgehead atoms. The summed E-state index contributed by atoms with van der Waals surface area (Å²) in [5.41, 5.74) is 1.61. The van der Waals surface area contributed by atoms with Crippen molar-refractivity contribution in [1.29, 1.82) is 0 Å². The molecular formula is C14H16FN5O4S2. The number of hydrogen-bond donors (Lipinski definition) is 3. The Bertz CT molecular complexity index is 931. The van der Waals surface area contributed by atoms with Gasteiger partial charge in [0, 0.05) is 18.7 Å². The molecule has 1 aliphatic rings. The highest BCUT2D eigenvalue weighted by atomic mass is 32.2. The molecule has 0 saturated carbocycles. The standard InChI is InChI=1S/C14H16FN5O4S2/c1-26(22,23)16-5-6-25-14-12(19-24-20-14)13(18-21)17-11-7-9-8(11)3-2-4-10(9)15/h2-4,11,16,21H,5-7H2,1H3,(H,17,18). The van der Waals surface area contributed by atoms with E-state index in [2.05, 4.69) is 25.5 Å². The third-order valence-corrected chi connectivity index (χ3v) is 5.42. The Morgan fingerprint density at radius 3 is 3.04 bits per heavy atom. The summed E-state index contributed by atoms with van der Waals surface area (Å²) in [6.45, 7) is 0.199. The van der Waals surface area contributed by atoms with Gasteiger partial charge in [-0.25, -0.2) is 22.2 Å². The van der Waals surface area contributed by atoms with Gasteiger partial charge < -0.3 is 10.5 Å². The van der Waals surface area contributed by atoms with Crippen molar-refractivity contribution in [3.63, 3.8) is 0 Å². The third-order valence-electron chi connectivity index (χ3n) is 3.74. The molecule has 3 N–H and O–H groups in total. The third kappa shape index (κ3) is 4.14. The average Bonchev–Trinajstić information content (AvgIpc) is 3.01. The first-order valence-corrected chi connectivity index (χ1v) is 10.4. The van der Waals surface area contributed by atoms with Crippen LogP contribution in [0, 0.1) is 5.82 Å². The number of oxime groups is 1. The van der Waals surface area contributed by atoms with Crippen LogP contribution >= 0.6 is 11.8 Å². The number of sulfonamides is 1. The molecule has 12 heteroatoms. The van der Waals surface area contributed by atoms with E-state index >= 15 is 0 Å². The van der Waals surface area contributed by atoms with Crippen LogP contribution in [0.4, 0.5) is 4.39 Å². The van der Waals surface area contributed by atoms with Crippen LogP contribution in [0.1, 0.15) is 22.9 Å². The minimum atomic E-state index is -3.27. The Hall–Kier alpha value is -2.18. The molecule has 0 saturated heterocycles. The zero-order valence-electron chi connectivity index (χ0n) is 13.6. The van der Waals surface area contributed by atoms with E-state index in [0.29, 0.717) is 22.8 Å². The SMILES string of the molecule is CS(=O)(=O)NCCSc1nonc1/C(=N/O)NC1Cc2c(F)cccc21. The lowest BCUT2D eigenvalue weighted by molar-refractivity contribution is 0.296. The quantitative estimate of drug-likeness (QED) is 0.156. The zero-order valence-corrected chi connectivity index (χ0v) is 15.3. The van der Waals surface area contributed by atoms with Gasteiger partial charge >= 0.3 is 0 Å². The number of fused-ring (bicyclic) bond motifs is 1. The Morgan fingerprint density at radius 2 is 2.31 bits per heavy atom. The van der Waals surface area contributed by atoms with Gasteiger partial charge in [0.05, 0.1) is 12.3 Å². The van der Waals surface area contributed by atoms with Crippen LogP contribution < -0.4 is 10.0 Å². The van der Waals surface area contributed by atoms with Crippen molar-refractivity contribution in [3.05, 3.63) is 40.8 Å². The van der Waals surface area contributed by atoms with E-state index in [0.717, 1.165) is 11.8 Å². The predicted octanol–water partition coefficient (Wildman–Crippen LogP) is 0.873. The van der Waals surface area contributed by atoms with Gasteiger partial charge in [0.15, 0.2) is 16.6 Å². The summed E-state index contributed by atoms with van der Waals surface area (Å²) < 4.78 is 42.8. The number of nitrogens with zero attached hydrogens (tertiary/aromatic N) is 3. The van der Waals surface area contributed by atoms with E-state index in [1.807, 2.05) is 0 Å². The summed E-state index contributed by atoms with van der Waals surface area (Å²) in [4.78, 5) is 0. The number of hydrogen-bond acceptors (Lipinski definition) is 8. The van der Waals surface area contributed by atoms with E-state index in [1.54, 1.807) is 12.1 Å². The molecule has 26 heavy (non-hydrogen) atoms. The van der Waals surface area contributed by atoms with Gasteiger partial charge in [-0.15, -0.1) is 0 Å². The zero-order chi connectivity index (χ0) is 18.7. The monoisotopic (exact) mass is 401 g/mol. The maximum absolute atomic E-state index is 13.6. The molecule has 3 rings (SSSR count). The number of aromatic nitrogens is 2. The molecule has 0 amide bonds. The van der Waals surface area contributed by atoms with Crippen LogP contribution in [0.3, 0.4) is 0 Å². The first-order chi connectivity index (χ1) is 12.4. The Balaban J connectivity index is 1.64. The van der Waals surface area contributed by atoms with Crippen molar-refractivity contribution in [1.82, 2.24) is 20.4 Å². The van der Waals surface area contributed by atoms with Crippen molar-refractivity contribution < 1.29 is 22.6 Å². The average molecular weight is 401 g/mol. The van der Waals surface area contributed by atoms with Gasteiger partial charge in [-0.2, -0.15) is 0 Å². The van der Waals surface area contributed by atoms with Crippen LogP contribution in [0.5, 0.6) is 0 Å². The van der Waals surface area contributed by atoms with Crippen LogP contribution in [-0.4, -0.2) is 48.3 Å². The molecule has 1 heterocycles. The van der Waals surface area contributed by atoms with E-state index < -0.39 is 10.0 Å². The van der Waals surface area contributed by atoms with Crippen LogP contribution in [0.2, 0.25) is 0 Å². The second kappa shape index (κ2) is 7.60. The van der Waals surface area contributed by atoms with Gasteiger partial charge in [0.2, 0.25) is 10.0 Å². The highest BCUT2D eigenvalue weighted by molar-refractivity contribution is 7.99. The molecule has 2 aromatic rings. The Morgan fingerprint density at radius 1 is 1.50 bits per heavy atom. The van der Waals surface area contributed by atoms with E-state index in [-0.39, 0.29) is 29.9 Å². The molecule has 1 unspecified atom stereocenters. The van der Waals surface area contributed by atoms with Crippen molar-refractivity contribution in [2.24, 2.45) is 5.16 Å². The number of benzene rings is 1. The number of halogens is 1. The highest BCUT2D eigenvalue weighted by Gasteiger charge is 2.31. The minimum Gasteiger partial charge on any atom is -0.409 e. The smallest absolute Gasteiger partial charge is 0.208 e. The predicted molar refractivity (Wildman–Crippen MR) is 92.2 cm³/mol. The lowest BCUT2D eigenvalue weighted by atomic mass is 9.83. The second-order valence-corrected chi connectivity index (χ2v) is 8.51. The van der Waals surface area contributed by atoms with Crippen molar-refractivity contribution in [3.8, 4) is 0 Å². The highest BCUT2D eigenvalue weighted by Crippen LogP contribution is 2.35. The van der Waals surface area contributed by atoms with E-state index in [4.69, 9.17) is 4.63 Å². The van der Waals surface area contributed by atoms with Gasteiger partial charge in [-0.1, -0.05) is 29.1 Å². The summed E-state index contributed by atoms with van der Waals surface area (Å²) in [7, 11) is -3.27. The van der Waals surface area contributed by atoms with Gasteiger partial charge in [0.25, 0.3) is 0 Å². The molecular weight excluding hydrogens is 385 g/mol. The fourth-order valence-electron chi connectivity index (χ4n) is 2.53. The van der Waals surface area contributed by atoms with Crippen LogP contribution in [0.15, 0.2) is 33.0 Å². The summed E-state index contributed by atoms with van der Waals surface area (Å²) >= 11 is 1.19. The lowest BCUT2D eigenvalue weighted by Crippen LogP contribution is -2.37. The molecule has 1 aromatic carbocycles. The van der Waals surface area contributed by atoms with Gasteiger partial charge in [0.1, 0.15) is 5.82 Å². The van der Waals surface area contributed by atoms with Crippen molar-refractivity contribution in [2.75, 3.05) is 18.6 Å². The summed E-state index contributed by atoms with van der Waals surface area (Å²) in [6, 6.07) is 4.60. The molecule has 0 aliphatic heterocycles. The molecule has 1 aliphatic carbocycles. The van der Waals surface area contributed by atoms with E-state index in [1.165, 1.54) is 17.8 Å². The van der Waals surface area contributed by atoms with Crippen molar-refractivity contribution >= 4 is 27.6 Å². The normalized spacial score (nSPS) is 16.8. The van der Waals surface area contributed by atoms with E-state index in [9.17, 15) is 18.0 Å². The second-order valence-electron chi connectivity index (χ2n) is 5.59. The first-order valence-electron chi connectivity index (χ1n) is 7.55. The van der Waals surface area contributed by atoms with Crippen LogP contribution in [-0.2, 0) is 16.4 Å². The summed E-state index contributed by atoms with van der Waals surface area (Å²) in [5, 5.41) is 23.3. The fourth-order valence-corrected chi connectivity index (χ4v) is 3.89. The Labute approximate surface area is 153 Å². The molecule has 140 valence electrons. The molecule has 1 atom stereocenters. The van der Waals surface area contributed by atoms with Gasteiger partial charge in [-0.05, 0) is 27.5 Å². The molecule has 1 aromatic heterocycles.